The lowest BCUT2D eigenvalue weighted by Crippen LogP contribution is -2.10. The van der Waals surface area contributed by atoms with Crippen molar-refractivity contribution in [2.75, 3.05) is 5.32 Å². The number of thiophene rings is 1. The number of hydrogen-bond donors (Lipinski definition) is 2. The maximum absolute atomic E-state index is 12.8. The van der Waals surface area contributed by atoms with Crippen LogP contribution in [-0.2, 0) is 0 Å². The van der Waals surface area contributed by atoms with Crippen molar-refractivity contribution in [1.82, 2.24) is 4.98 Å². The first-order valence-corrected chi connectivity index (χ1v) is 10.9. The topological polar surface area (TPSA) is 75.4 Å². The van der Waals surface area contributed by atoms with Crippen molar-refractivity contribution in [3.05, 3.63) is 75.0 Å². The molecule has 0 bridgehead atoms. The van der Waals surface area contributed by atoms with E-state index in [2.05, 4.69) is 26.2 Å². The molecule has 0 unspecified atom stereocenters. The van der Waals surface area contributed by atoms with E-state index in [4.69, 9.17) is 16.0 Å². The number of carbonyl (C=O) groups excluding carboxylic acids is 1. The van der Waals surface area contributed by atoms with Gasteiger partial charge in [-0.1, -0.05) is 29.8 Å². The number of nitrogens with one attached hydrogen (secondary N) is 1. The summed E-state index contributed by atoms with van der Waals surface area (Å²) in [5, 5.41) is 13.9. The second kappa shape index (κ2) is 7.43. The molecule has 5 rings (SSSR count). The molecule has 0 saturated heterocycles. The standard InChI is InChI=1S/C22H12BrClN2O3S/c23-14-9-11(5-7-16(14)27)22-26-15-10-12(6-8-17(15)29-22)25-21(28)20-19(24)13-3-1-2-4-18(13)30-20/h1-10,27H,(H,25,28). The van der Waals surface area contributed by atoms with Gasteiger partial charge < -0.3 is 14.8 Å². The number of aromatic nitrogens is 1. The number of halogens is 2. The highest BCUT2D eigenvalue weighted by Crippen LogP contribution is 2.36. The molecule has 2 heterocycles. The molecule has 0 aliphatic carbocycles. The molecule has 3 aromatic carbocycles. The van der Waals surface area contributed by atoms with E-state index in [1.54, 1.807) is 36.4 Å². The fraction of sp³-hybridized carbons (Fsp3) is 0. The van der Waals surface area contributed by atoms with Gasteiger partial charge in [-0.25, -0.2) is 4.98 Å². The Kier molecular flexibility index (Phi) is 4.73. The van der Waals surface area contributed by atoms with Crippen molar-refractivity contribution in [3.8, 4) is 17.2 Å². The molecule has 2 aromatic heterocycles. The lowest BCUT2D eigenvalue weighted by atomic mass is 10.2. The number of rotatable bonds is 3. The summed E-state index contributed by atoms with van der Waals surface area (Å²) in [7, 11) is 0. The summed E-state index contributed by atoms with van der Waals surface area (Å²) in [5.41, 5.74) is 2.51. The molecule has 0 radical (unpaired) electrons. The Labute approximate surface area is 188 Å². The van der Waals surface area contributed by atoms with Crippen LogP contribution in [0.1, 0.15) is 9.67 Å². The molecule has 0 atom stereocenters. The van der Waals surface area contributed by atoms with Crippen molar-refractivity contribution < 1.29 is 14.3 Å². The van der Waals surface area contributed by atoms with E-state index in [-0.39, 0.29) is 11.7 Å². The van der Waals surface area contributed by atoms with Crippen LogP contribution in [-0.4, -0.2) is 16.0 Å². The van der Waals surface area contributed by atoms with Crippen LogP contribution in [0.5, 0.6) is 5.75 Å². The van der Waals surface area contributed by atoms with Crippen LogP contribution in [0.3, 0.4) is 0 Å². The summed E-state index contributed by atoms with van der Waals surface area (Å²) in [6, 6.07) is 17.9. The minimum atomic E-state index is -0.272. The number of hydrogen-bond acceptors (Lipinski definition) is 5. The summed E-state index contributed by atoms with van der Waals surface area (Å²) < 4.78 is 7.32. The molecule has 0 fully saturated rings. The molecule has 1 amide bonds. The number of phenols is 1. The Hall–Kier alpha value is -2.87. The van der Waals surface area contributed by atoms with Gasteiger partial charge in [0.2, 0.25) is 5.89 Å². The lowest BCUT2D eigenvalue weighted by molar-refractivity contribution is 0.103. The van der Waals surface area contributed by atoms with Gasteiger partial charge in [-0.2, -0.15) is 0 Å². The molecule has 5 nitrogen and oxygen atoms in total. The average molecular weight is 500 g/mol. The molecular weight excluding hydrogens is 488 g/mol. The first-order chi connectivity index (χ1) is 14.5. The Morgan fingerprint density at radius 2 is 1.97 bits per heavy atom. The zero-order valence-corrected chi connectivity index (χ0v) is 18.3. The predicted octanol–water partition coefficient (Wildman–Crippen LogP) is 7.08. The number of amides is 1. The van der Waals surface area contributed by atoms with Gasteiger partial charge in [0.1, 0.15) is 16.1 Å². The zero-order valence-electron chi connectivity index (χ0n) is 15.1. The van der Waals surface area contributed by atoms with Gasteiger partial charge in [-0.15, -0.1) is 11.3 Å². The summed E-state index contributed by atoms with van der Waals surface area (Å²) in [6.45, 7) is 0. The quantitative estimate of drug-likeness (QED) is 0.278. The number of phenolic OH excluding ortho intramolecular Hbond substituents is 1. The van der Waals surface area contributed by atoms with Crippen LogP contribution in [0.4, 0.5) is 5.69 Å². The van der Waals surface area contributed by atoms with Gasteiger partial charge >= 0.3 is 0 Å². The minimum Gasteiger partial charge on any atom is -0.507 e. The van der Waals surface area contributed by atoms with Crippen molar-refractivity contribution in [3.63, 3.8) is 0 Å². The number of aromatic hydroxyl groups is 1. The van der Waals surface area contributed by atoms with Gasteiger partial charge in [-0.05, 0) is 58.4 Å². The van der Waals surface area contributed by atoms with Crippen molar-refractivity contribution in [2.24, 2.45) is 0 Å². The first-order valence-electron chi connectivity index (χ1n) is 8.87. The van der Waals surface area contributed by atoms with Crippen LogP contribution >= 0.6 is 38.9 Å². The smallest absolute Gasteiger partial charge is 0.267 e. The van der Waals surface area contributed by atoms with Crippen LogP contribution < -0.4 is 5.32 Å². The molecule has 8 heteroatoms. The van der Waals surface area contributed by atoms with E-state index in [0.29, 0.717) is 37.1 Å². The fourth-order valence-electron chi connectivity index (χ4n) is 3.12. The third-order valence-electron chi connectivity index (χ3n) is 4.58. The van der Waals surface area contributed by atoms with Gasteiger partial charge in [0.15, 0.2) is 5.58 Å². The SMILES string of the molecule is O=C(Nc1ccc2oc(-c3ccc(O)c(Br)c3)nc2c1)c1sc2ccccc2c1Cl. The molecular formula is C22H12BrClN2O3S. The Balaban J connectivity index is 1.45. The van der Waals surface area contributed by atoms with Crippen LogP contribution in [0.25, 0.3) is 32.6 Å². The maximum atomic E-state index is 12.8. The highest BCUT2D eigenvalue weighted by atomic mass is 79.9. The maximum Gasteiger partial charge on any atom is 0.267 e. The van der Waals surface area contributed by atoms with Gasteiger partial charge in [0.25, 0.3) is 5.91 Å². The van der Waals surface area contributed by atoms with Crippen molar-refractivity contribution in [2.45, 2.75) is 0 Å². The summed E-state index contributed by atoms with van der Waals surface area (Å²) in [5.74, 6) is 0.285. The minimum absolute atomic E-state index is 0.139. The predicted molar refractivity (Wildman–Crippen MR) is 124 cm³/mol. The second-order valence-electron chi connectivity index (χ2n) is 6.56. The van der Waals surface area contributed by atoms with E-state index in [1.807, 2.05) is 24.3 Å². The van der Waals surface area contributed by atoms with E-state index in [1.165, 1.54) is 11.3 Å². The number of benzene rings is 3. The molecule has 0 aliphatic rings. The molecule has 0 aliphatic heterocycles. The number of fused-ring (bicyclic) bond motifs is 2. The lowest BCUT2D eigenvalue weighted by Gasteiger charge is -2.03. The number of carbonyl (C=O) groups is 1. The van der Waals surface area contributed by atoms with Gasteiger partial charge in [0.05, 0.1) is 9.50 Å². The molecule has 148 valence electrons. The summed E-state index contributed by atoms with van der Waals surface area (Å²) >= 11 is 11.1. The van der Waals surface area contributed by atoms with Crippen LogP contribution in [0.15, 0.2) is 69.6 Å². The second-order valence-corrected chi connectivity index (χ2v) is 8.85. The van der Waals surface area contributed by atoms with Crippen molar-refractivity contribution >= 4 is 71.6 Å². The number of nitrogens with zero attached hydrogens (tertiary/aromatic N) is 1. The fourth-order valence-corrected chi connectivity index (χ4v) is 4.91. The van der Waals surface area contributed by atoms with E-state index >= 15 is 0 Å². The summed E-state index contributed by atoms with van der Waals surface area (Å²) in [6.07, 6.45) is 0. The number of anilines is 1. The Morgan fingerprint density at radius 3 is 2.77 bits per heavy atom. The molecule has 2 N–H and O–H groups in total. The normalized spacial score (nSPS) is 11.3. The van der Waals surface area contributed by atoms with E-state index < -0.39 is 0 Å². The largest absolute Gasteiger partial charge is 0.507 e. The first kappa shape index (κ1) is 19.1. The van der Waals surface area contributed by atoms with E-state index in [0.717, 1.165) is 15.6 Å². The van der Waals surface area contributed by atoms with Gasteiger partial charge in [0, 0.05) is 21.3 Å². The monoisotopic (exact) mass is 498 g/mol. The average Bonchev–Trinajstić information content (AvgIpc) is 3.31. The molecule has 30 heavy (non-hydrogen) atoms. The highest BCUT2D eigenvalue weighted by Gasteiger charge is 2.18. The Morgan fingerprint density at radius 1 is 1.13 bits per heavy atom. The van der Waals surface area contributed by atoms with Gasteiger partial charge in [-0.3, -0.25) is 4.79 Å². The van der Waals surface area contributed by atoms with Crippen LogP contribution in [0.2, 0.25) is 5.02 Å². The highest BCUT2D eigenvalue weighted by molar-refractivity contribution is 9.10. The molecule has 0 saturated carbocycles. The van der Waals surface area contributed by atoms with E-state index in [9.17, 15) is 9.90 Å². The zero-order chi connectivity index (χ0) is 20.8. The Bertz CT molecular complexity index is 1440. The molecule has 0 spiro atoms. The third kappa shape index (κ3) is 3.35. The summed E-state index contributed by atoms with van der Waals surface area (Å²) in [4.78, 5) is 17.7. The van der Waals surface area contributed by atoms with Crippen molar-refractivity contribution in [1.29, 1.82) is 0 Å². The van der Waals surface area contributed by atoms with Crippen LogP contribution in [0, 0.1) is 0 Å². The number of oxazole rings is 1. The molecule has 5 aromatic rings. The third-order valence-corrected chi connectivity index (χ3v) is 6.89.